The van der Waals surface area contributed by atoms with Crippen LogP contribution in [-0.2, 0) is 27.5 Å². The summed E-state index contributed by atoms with van der Waals surface area (Å²) in [6, 6.07) is 10.3. The van der Waals surface area contributed by atoms with E-state index >= 15 is 0 Å². The van der Waals surface area contributed by atoms with Crippen LogP contribution in [-0.4, -0.2) is 65.1 Å². The highest BCUT2D eigenvalue weighted by Crippen LogP contribution is 2.17. The van der Waals surface area contributed by atoms with E-state index in [2.05, 4.69) is 40.4 Å². The Morgan fingerprint density at radius 2 is 1.52 bits per heavy atom. The predicted octanol–water partition coefficient (Wildman–Crippen LogP) is 3.97. The summed E-state index contributed by atoms with van der Waals surface area (Å²) in [5, 5.41) is 25.4. The Morgan fingerprint density at radius 3 is 2.13 bits per heavy atom. The van der Waals surface area contributed by atoms with Crippen molar-refractivity contribution in [3.63, 3.8) is 0 Å². The maximum absolute atomic E-state index is 13.4. The van der Waals surface area contributed by atoms with E-state index in [1.165, 1.54) is 6.26 Å². The standard InChI is InChI=1S/C34H53N5O6S/c1-22(2)14-15-27(37-32(42)28(16-18-46-6)38-34(44)36-21-26-13-10-17-45-26)29(40)19-24(5)31(41)39-30(23(3)4)33(43)35-20-25-11-8-7-9-12-25/h7-13,17,22-24,27-30,40H,14-16,18-21H2,1-6H3,(H,35,43)(H,37,42)(H,39,41)(H2,36,38,44)/t24-,27+,28+,29+,30+/m1/s1. The van der Waals surface area contributed by atoms with Gasteiger partial charge in [-0.3, -0.25) is 14.4 Å². The molecule has 12 heteroatoms. The molecule has 1 aromatic carbocycles. The van der Waals surface area contributed by atoms with E-state index in [0.29, 0.717) is 36.8 Å². The number of nitrogens with one attached hydrogen (secondary N) is 5. The molecule has 6 N–H and O–H groups in total. The molecular weight excluding hydrogens is 606 g/mol. The molecule has 0 aliphatic carbocycles. The molecule has 5 amide bonds. The van der Waals surface area contributed by atoms with Crippen molar-refractivity contribution in [2.24, 2.45) is 17.8 Å². The number of carbonyl (C=O) groups excluding carboxylic acids is 4. The minimum Gasteiger partial charge on any atom is -0.467 e. The maximum Gasteiger partial charge on any atom is 0.315 e. The molecule has 256 valence electrons. The largest absolute Gasteiger partial charge is 0.467 e. The average molecular weight is 660 g/mol. The van der Waals surface area contributed by atoms with Gasteiger partial charge in [-0.15, -0.1) is 0 Å². The number of aliphatic hydroxyl groups is 1. The van der Waals surface area contributed by atoms with Gasteiger partial charge >= 0.3 is 6.03 Å². The van der Waals surface area contributed by atoms with Gasteiger partial charge in [0, 0.05) is 12.5 Å². The zero-order valence-electron chi connectivity index (χ0n) is 28.0. The first-order chi connectivity index (χ1) is 21.9. The highest BCUT2D eigenvalue weighted by atomic mass is 32.2. The second-order valence-electron chi connectivity index (χ2n) is 12.5. The molecule has 11 nitrogen and oxygen atoms in total. The van der Waals surface area contributed by atoms with Crippen molar-refractivity contribution in [1.29, 1.82) is 0 Å². The van der Waals surface area contributed by atoms with Gasteiger partial charge < -0.3 is 36.1 Å². The number of thioether (sulfide) groups is 1. The van der Waals surface area contributed by atoms with Crippen molar-refractivity contribution in [1.82, 2.24) is 26.6 Å². The van der Waals surface area contributed by atoms with Crippen molar-refractivity contribution in [3.8, 4) is 0 Å². The molecule has 2 rings (SSSR count). The molecular formula is C34H53N5O6S. The molecule has 2 aromatic rings. The van der Waals surface area contributed by atoms with Crippen LogP contribution in [0.5, 0.6) is 0 Å². The lowest BCUT2D eigenvalue weighted by molar-refractivity contribution is -0.132. The first kappa shape index (κ1) is 38.7. The third kappa shape index (κ3) is 14.3. The van der Waals surface area contributed by atoms with Gasteiger partial charge in [0.25, 0.3) is 0 Å². The second-order valence-corrected chi connectivity index (χ2v) is 13.5. The number of aliphatic hydroxyl groups excluding tert-OH is 1. The molecule has 0 saturated heterocycles. The van der Waals surface area contributed by atoms with Gasteiger partial charge in [-0.2, -0.15) is 11.8 Å². The molecule has 0 spiro atoms. The third-order valence-electron chi connectivity index (χ3n) is 7.68. The van der Waals surface area contributed by atoms with E-state index < -0.39 is 42.1 Å². The van der Waals surface area contributed by atoms with E-state index in [-0.39, 0.29) is 30.7 Å². The third-order valence-corrected chi connectivity index (χ3v) is 8.33. The molecule has 0 aliphatic heterocycles. The smallest absolute Gasteiger partial charge is 0.315 e. The second kappa shape index (κ2) is 20.6. The average Bonchev–Trinajstić information content (AvgIpc) is 3.55. The number of rotatable bonds is 20. The lowest BCUT2D eigenvalue weighted by Crippen LogP contribution is -2.55. The summed E-state index contributed by atoms with van der Waals surface area (Å²) in [4.78, 5) is 52.2. The SMILES string of the molecule is CSCC[C@H](NC(=O)NCc1ccco1)C(=O)N[C@@H](CCC(C)C)[C@@H](O)C[C@@H](C)C(=O)N[C@H](C(=O)NCc1ccccc1)C(C)C. The lowest BCUT2D eigenvalue weighted by atomic mass is 9.92. The van der Waals surface area contributed by atoms with Gasteiger partial charge in [0.1, 0.15) is 17.8 Å². The van der Waals surface area contributed by atoms with E-state index in [4.69, 9.17) is 4.42 Å². The summed E-state index contributed by atoms with van der Waals surface area (Å²) in [6.45, 7) is 10.1. The maximum atomic E-state index is 13.4. The Bertz CT molecular complexity index is 1190. The number of urea groups is 1. The minimum absolute atomic E-state index is 0.0812. The van der Waals surface area contributed by atoms with E-state index in [1.54, 1.807) is 30.8 Å². The molecule has 0 radical (unpaired) electrons. The quantitative estimate of drug-likeness (QED) is 0.125. The van der Waals surface area contributed by atoms with Crippen molar-refractivity contribution < 1.29 is 28.7 Å². The molecule has 1 aromatic heterocycles. The van der Waals surface area contributed by atoms with Crippen LogP contribution in [0.25, 0.3) is 0 Å². The van der Waals surface area contributed by atoms with Crippen LogP contribution in [0.4, 0.5) is 4.79 Å². The van der Waals surface area contributed by atoms with Crippen LogP contribution in [0.15, 0.2) is 53.1 Å². The van der Waals surface area contributed by atoms with Gasteiger partial charge in [-0.1, -0.05) is 65.0 Å². The summed E-state index contributed by atoms with van der Waals surface area (Å²) in [5.41, 5.74) is 0.955. The Balaban J connectivity index is 2.02. The fourth-order valence-corrected chi connectivity index (χ4v) is 5.28. The molecule has 0 fully saturated rings. The van der Waals surface area contributed by atoms with Crippen molar-refractivity contribution in [3.05, 3.63) is 60.1 Å². The van der Waals surface area contributed by atoms with Gasteiger partial charge in [0.15, 0.2) is 0 Å². The topological polar surface area (TPSA) is 162 Å². The number of hydrogen-bond acceptors (Lipinski definition) is 7. The molecule has 1 heterocycles. The molecule has 0 unspecified atom stereocenters. The Morgan fingerprint density at radius 1 is 0.804 bits per heavy atom. The number of carbonyl (C=O) groups is 4. The fraction of sp³-hybridized carbons (Fsp3) is 0.588. The van der Waals surface area contributed by atoms with Gasteiger partial charge in [0.05, 0.1) is 25.0 Å². The highest BCUT2D eigenvalue weighted by molar-refractivity contribution is 7.98. The normalized spacial score (nSPS) is 14.5. The van der Waals surface area contributed by atoms with E-state index in [1.807, 2.05) is 50.4 Å². The molecule has 46 heavy (non-hydrogen) atoms. The van der Waals surface area contributed by atoms with Gasteiger partial charge in [0.2, 0.25) is 17.7 Å². The van der Waals surface area contributed by atoms with E-state index in [0.717, 1.165) is 12.0 Å². The zero-order valence-corrected chi connectivity index (χ0v) is 28.8. The van der Waals surface area contributed by atoms with Crippen LogP contribution in [0, 0.1) is 17.8 Å². The summed E-state index contributed by atoms with van der Waals surface area (Å²) < 4.78 is 5.25. The summed E-state index contributed by atoms with van der Waals surface area (Å²) >= 11 is 1.56. The van der Waals surface area contributed by atoms with Crippen molar-refractivity contribution in [2.45, 2.75) is 97.6 Å². The van der Waals surface area contributed by atoms with Crippen molar-refractivity contribution in [2.75, 3.05) is 12.0 Å². The number of benzene rings is 1. The van der Waals surface area contributed by atoms with Crippen LogP contribution < -0.4 is 26.6 Å². The predicted molar refractivity (Wildman–Crippen MR) is 182 cm³/mol. The molecule has 5 atom stereocenters. The van der Waals surface area contributed by atoms with Gasteiger partial charge in [-0.05, 0) is 67.2 Å². The molecule has 0 bridgehead atoms. The first-order valence-electron chi connectivity index (χ1n) is 16.1. The summed E-state index contributed by atoms with van der Waals surface area (Å²) in [5.74, 6) is -0.265. The first-order valence-corrected chi connectivity index (χ1v) is 17.5. The monoisotopic (exact) mass is 659 g/mol. The summed E-state index contributed by atoms with van der Waals surface area (Å²) in [6.07, 6.45) is 4.13. The fourth-order valence-electron chi connectivity index (χ4n) is 4.81. The lowest BCUT2D eigenvalue weighted by Gasteiger charge is -2.29. The minimum atomic E-state index is -1.03. The number of hydrogen-bond donors (Lipinski definition) is 6. The summed E-state index contributed by atoms with van der Waals surface area (Å²) in [7, 11) is 0. The Hall–Kier alpha value is -3.51. The molecule has 0 saturated carbocycles. The van der Waals surface area contributed by atoms with Crippen LogP contribution in [0.2, 0.25) is 0 Å². The Labute approximate surface area is 277 Å². The van der Waals surface area contributed by atoms with Crippen LogP contribution in [0.1, 0.15) is 71.6 Å². The molecule has 0 aliphatic rings. The van der Waals surface area contributed by atoms with Crippen LogP contribution in [0.3, 0.4) is 0 Å². The number of furan rings is 1. The van der Waals surface area contributed by atoms with Gasteiger partial charge in [-0.25, -0.2) is 4.79 Å². The number of amides is 5. The zero-order chi connectivity index (χ0) is 34.1. The van der Waals surface area contributed by atoms with Crippen LogP contribution >= 0.6 is 11.8 Å². The van der Waals surface area contributed by atoms with E-state index in [9.17, 15) is 24.3 Å². The highest BCUT2D eigenvalue weighted by Gasteiger charge is 2.31. The van der Waals surface area contributed by atoms with Crippen molar-refractivity contribution >= 4 is 35.5 Å². The Kier molecular flexibility index (Phi) is 17.3.